The summed E-state index contributed by atoms with van der Waals surface area (Å²) < 4.78 is 0.0554. The molecule has 1 aliphatic rings. The minimum atomic E-state index is -0.220. The Hall–Kier alpha value is -1.19. The van der Waals surface area contributed by atoms with Gasteiger partial charge in [0.05, 0.1) is 0 Å². The lowest BCUT2D eigenvalue weighted by atomic mass is 9.95. The Kier molecular flexibility index (Phi) is 5.74. The zero-order valence-corrected chi connectivity index (χ0v) is 12.7. The number of halogens is 2. The molecule has 1 aromatic carbocycles. The van der Waals surface area contributed by atoms with Gasteiger partial charge in [-0.1, -0.05) is 60.7 Å². The van der Waals surface area contributed by atoms with Gasteiger partial charge in [0.25, 0.3) is 5.91 Å². The molecule has 0 bridgehead atoms. The van der Waals surface area contributed by atoms with E-state index in [0.29, 0.717) is 17.4 Å². The molecule has 5 heteroatoms. The fraction of sp³-hybridized carbons (Fsp3) is 0.400. The van der Waals surface area contributed by atoms with E-state index in [1.54, 1.807) is 12.1 Å². The predicted octanol–water partition coefficient (Wildman–Crippen LogP) is 3.94. The smallest absolute Gasteiger partial charge is 0.256 e. The van der Waals surface area contributed by atoms with Crippen LogP contribution < -0.4 is 10.6 Å². The van der Waals surface area contributed by atoms with Crippen molar-refractivity contribution in [1.29, 1.82) is 0 Å². The van der Waals surface area contributed by atoms with Crippen molar-refractivity contribution in [3.63, 3.8) is 0 Å². The van der Waals surface area contributed by atoms with Crippen LogP contribution in [0.2, 0.25) is 0 Å². The first kappa shape index (κ1) is 15.2. The largest absolute Gasteiger partial charge is 0.367 e. The highest BCUT2D eigenvalue weighted by molar-refractivity contribution is 6.56. The molecule has 0 unspecified atom stereocenters. The van der Waals surface area contributed by atoms with Crippen LogP contribution in [0.25, 0.3) is 0 Å². The Labute approximate surface area is 129 Å². The SMILES string of the molecule is O=C(NC(NC1CCCCC1)=C(Cl)Cl)c1ccccc1. The van der Waals surface area contributed by atoms with Crippen LogP contribution in [0.3, 0.4) is 0 Å². The standard InChI is InChI=1S/C15H18Cl2N2O/c16-13(17)14(18-12-9-5-2-6-10-12)19-15(20)11-7-3-1-4-8-11/h1,3-4,7-8,12,18H,2,5-6,9-10H2,(H,19,20). The summed E-state index contributed by atoms with van der Waals surface area (Å²) in [4.78, 5) is 12.1. The lowest BCUT2D eigenvalue weighted by Gasteiger charge is -2.25. The minimum absolute atomic E-state index is 0.0554. The molecule has 2 N–H and O–H groups in total. The Morgan fingerprint density at radius 1 is 1.05 bits per heavy atom. The van der Waals surface area contributed by atoms with Gasteiger partial charge in [0, 0.05) is 11.6 Å². The zero-order chi connectivity index (χ0) is 14.4. The van der Waals surface area contributed by atoms with Crippen LogP contribution in [-0.4, -0.2) is 11.9 Å². The number of hydrogen-bond acceptors (Lipinski definition) is 2. The van der Waals surface area contributed by atoms with Crippen LogP contribution >= 0.6 is 23.2 Å². The molecule has 0 aromatic heterocycles. The lowest BCUT2D eigenvalue weighted by Crippen LogP contribution is -2.38. The van der Waals surface area contributed by atoms with E-state index in [-0.39, 0.29) is 10.4 Å². The molecule has 0 heterocycles. The monoisotopic (exact) mass is 312 g/mol. The van der Waals surface area contributed by atoms with E-state index in [4.69, 9.17) is 23.2 Å². The second kappa shape index (κ2) is 7.55. The number of rotatable bonds is 4. The third kappa shape index (κ3) is 4.43. The number of benzene rings is 1. The number of nitrogens with one attached hydrogen (secondary N) is 2. The van der Waals surface area contributed by atoms with Gasteiger partial charge >= 0.3 is 0 Å². The Morgan fingerprint density at radius 2 is 1.70 bits per heavy atom. The molecule has 1 aromatic rings. The van der Waals surface area contributed by atoms with Crippen molar-refractivity contribution in [2.75, 3.05) is 0 Å². The molecule has 108 valence electrons. The van der Waals surface area contributed by atoms with E-state index in [9.17, 15) is 4.79 Å². The molecule has 1 fully saturated rings. The average Bonchev–Trinajstić information content (AvgIpc) is 2.48. The molecular weight excluding hydrogens is 295 g/mol. The van der Waals surface area contributed by atoms with E-state index >= 15 is 0 Å². The van der Waals surface area contributed by atoms with Crippen LogP contribution in [0.5, 0.6) is 0 Å². The van der Waals surface area contributed by atoms with Gasteiger partial charge in [0.2, 0.25) is 0 Å². The summed E-state index contributed by atoms with van der Waals surface area (Å²) in [6, 6.07) is 9.31. The Balaban J connectivity index is 1.99. The van der Waals surface area contributed by atoms with Gasteiger partial charge < -0.3 is 10.6 Å². The molecule has 1 saturated carbocycles. The van der Waals surface area contributed by atoms with Crippen LogP contribution in [0.4, 0.5) is 0 Å². The van der Waals surface area contributed by atoms with Gasteiger partial charge in [-0.25, -0.2) is 0 Å². The summed E-state index contributed by atoms with van der Waals surface area (Å²) in [7, 11) is 0. The lowest BCUT2D eigenvalue weighted by molar-refractivity contribution is 0.0962. The van der Waals surface area contributed by atoms with Gasteiger partial charge in [0.15, 0.2) is 0 Å². The summed E-state index contributed by atoms with van der Waals surface area (Å²) in [6.07, 6.45) is 5.80. The van der Waals surface area contributed by atoms with Gasteiger partial charge in [0.1, 0.15) is 10.3 Å². The summed E-state index contributed by atoms with van der Waals surface area (Å²) in [5, 5.41) is 5.99. The summed E-state index contributed by atoms with van der Waals surface area (Å²) >= 11 is 11.7. The fourth-order valence-electron chi connectivity index (χ4n) is 2.36. The Bertz CT molecular complexity index is 478. The number of carbonyl (C=O) groups is 1. The first-order valence-corrected chi connectivity index (χ1v) is 7.60. The van der Waals surface area contributed by atoms with Gasteiger partial charge in [-0.05, 0) is 25.0 Å². The van der Waals surface area contributed by atoms with Crippen molar-refractivity contribution in [3.05, 3.63) is 46.2 Å². The van der Waals surface area contributed by atoms with E-state index < -0.39 is 0 Å². The van der Waals surface area contributed by atoms with E-state index in [0.717, 1.165) is 12.8 Å². The predicted molar refractivity (Wildman–Crippen MR) is 82.6 cm³/mol. The number of carbonyl (C=O) groups excluding carboxylic acids is 1. The maximum atomic E-state index is 12.1. The molecule has 1 amide bonds. The maximum Gasteiger partial charge on any atom is 0.256 e. The van der Waals surface area contributed by atoms with Crippen molar-refractivity contribution >= 4 is 29.1 Å². The Morgan fingerprint density at radius 3 is 2.30 bits per heavy atom. The first-order valence-electron chi connectivity index (χ1n) is 6.85. The molecular formula is C15H18Cl2N2O. The molecule has 3 nitrogen and oxygen atoms in total. The second-order valence-corrected chi connectivity index (χ2v) is 5.88. The normalized spacial score (nSPS) is 15.5. The maximum absolute atomic E-state index is 12.1. The third-order valence-electron chi connectivity index (χ3n) is 3.42. The molecule has 2 rings (SSSR count). The van der Waals surface area contributed by atoms with Gasteiger partial charge in [-0.2, -0.15) is 0 Å². The third-order valence-corrected chi connectivity index (χ3v) is 3.80. The van der Waals surface area contributed by atoms with Crippen LogP contribution in [-0.2, 0) is 0 Å². The number of amides is 1. The first-order chi connectivity index (χ1) is 9.66. The van der Waals surface area contributed by atoms with Crippen molar-refractivity contribution < 1.29 is 4.79 Å². The zero-order valence-electron chi connectivity index (χ0n) is 11.2. The molecule has 0 radical (unpaired) electrons. The van der Waals surface area contributed by atoms with Crippen molar-refractivity contribution in [3.8, 4) is 0 Å². The summed E-state index contributed by atoms with van der Waals surface area (Å²) in [5.74, 6) is 0.178. The van der Waals surface area contributed by atoms with Gasteiger partial charge in [-0.15, -0.1) is 0 Å². The topological polar surface area (TPSA) is 41.1 Å². The molecule has 0 spiro atoms. The summed E-state index contributed by atoms with van der Waals surface area (Å²) in [6.45, 7) is 0. The van der Waals surface area contributed by atoms with E-state index in [1.165, 1.54) is 19.3 Å². The van der Waals surface area contributed by atoms with Crippen LogP contribution in [0, 0.1) is 0 Å². The highest BCUT2D eigenvalue weighted by Gasteiger charge is 2.17. The van der Waals surface area contributed by atoms with E-state index in [2.05, 4.69) is 10.6 Å². The van der Waals surface area contributed by atoms with Crippen molar-refractivity contribution in [2.45, 2.75) is 38.1 Å². The van der Waals surface area contributed by atoms with Gasteiger partial charge in [-0.3, -0.25) is 4.79 Å². The number of hydrogen-bond donors (Lipinski definition) is 2. The average molecular weight is 313 g/mol. The quantitative estimate of drug-likeness (QED) is 0.884. The second-order valence-electron chi connectivity index (χ2n) is 4.93. The van der Waals surface area contributed by atoms with Crippen LogP contribution in [0.15, 0.2) is 40.6 Å². The van der Waals surface area contributed by atoms with E-state index in [1.807, 2.05) is 18.2 Å². The highest BCUT2D eigenvalue weighted by atomic mass is 35.5. The molecule has 20 heavy (non-hydrogen) atoms. The molecule has 0 saturated heterocycles. The minimum Gasteiger partial charge on any atom is -0.367 e. The van der Waals surface area contributed by atoms with Crippen LogP contribution in [0.1, 0.15) is 42.5 Å². The fourth-order valence-corrected chi connectivity index (χ4v) is 2.57. The molecule has 0 aliphatic heterocycles. The highest BCUT2D eigenvalue weighted by Crippen LogP contribution is 2.20. The van der Waals surface area contributed by atoms with Crippen molar-refractivity contribution in [2.24, 2.45) is 0 Å². The van der Waals surface area contributed by atoms with Crippen molar-refractivity contribution in [1.82, 2.24) is 10.6 Å². The molecule has 0 atom stereocenters. The molecule has 1 aliphatic carbocycles. The summed E-state index contributed by atoms with van der Waals surface area (Å²) in [5.41, 5.74) is 0.574.